The second-order valence-corrected chi connectivity index (χ2v) is 2.78. The van der Waals surface area contributed by atoms with Gasteiger partial charge in [0.2, 0.25) is 0 Å². The van der Waals surface area contributed by atoms with E-state index in [9.17, 15) is 8.78 Å². The molecule has 4 heteroatoms. The highest BCUT2D eigenvalue weighted by molar-refractivity contribution is 5.37. The van der Waals surface area contributed by atoms with E-state index >= 15 is 0 Å². The smallest absolute Gasteiger partial charge is 0.280 e. The van der Waals surface area contributed by atoms with E-state index in [4.69, 9.17) is 4.74 Å². The molecule has 1 rings (SSSR count). The largest absolute Gasteiger partial charge is 0.495 e. The molecule has 0 radical (unpaired) electrons. The quantitative estimate of drug-likeness (QED) is 0.710. The standard InChI is InChI=1S/C9H11F2NO/c1-5-4-7(9(10)11)12-6(2)8(5)13-3/h4,9H,1-3H3. The monoisotopic (exact) mass is 187 g/mol. The predicted molar refractivity (Wildman–Crippen MR) is 45.2 cm³/mol. The van der Waals surface area contributed by atoms with Crippen molar-refractivity contribution in [3.63, 3.8) is 0 Å². The lowest BCUT2D eigenvalue weighted by molar-refractivity contribution is 0.145. The van der Waals surface area contributed by atoms with Crippen LogP contribution in [0, 0.1) is 13.8 Å². The molecule has 0 aromatic carbocycles. The topological polar surface area (TPSA) is 22.1 Å². The van der Waals surface area contributed by atoms with E-state index in [-0.39, 0.29) is 5.69 Å². The van der Waals surface area contributed by atoms with Crippen LogP contribution in [-0.2, 0) is 0 Å². The number of pyridine rings is 1. The Morgan fingerprint density at radius 3 is 2.38 bits per heavy atom. The maximum Gasteiger partial charge on any atom is 0.280 e. The van der Waals surface area contributed by atoms with Crippen LogP contribution in [-0.4, -0.2) is 12.1 Å². The number of aromatic nitrogens is 1. The Labute approximate surface area is 75.6 Å². The fourth-order valence-electron chi connectivity index (χ4n) is 1.27. The second-order valence-electron chi connectivity index (χ2n) is 2.78. The molecule has 0 saturated carbocycles. The summed E-state index contributed by atoms with van der Waals surface area (Å²) >= 11 is 0. The SMILES string of the molecule is COc1c(C)cc(C(F)F)nc1C. The van der Waals surface area contributed by atoms with E-state index in [2.05, 4.69) is 4.98 Å². The molecule has 0 N–H and O–H groups in total. The molecular weight excluding hydrogens is 176 g/mol. The molecule has 0 fully saturated rings. The van der Waals surface area contributed by atoms with Gasteiger partial charge in [0.05, 0.1) is 12.8 Å². The number of methoxy groups -OCH3 is 1. The summed E-state index contributed by atoms with van der Waals surface area (Å²) in [6.45, 7) is 3.37. The van der Waals surface area contributed by atoms with Crippen molar-refractivity contribution < 1.29 is 13.5 Å². The number of ether oxygens (including phenoxy) is 1. The Hall–Kier alpha value is -1.19. The first kappa shape index (κ1) is 9.89. The van der Waals surface area contributed by atoms with Crippen LogP contribution in [0.1, 0.15) is 23.4 Å². The number of nitrogens with zero attached hydrogens (tertiary/aromatic N) is 1. The Bertz CT molecular complexity index is 289. The normalized spacial score (nSPS) is 10.6. The molecule has 0 spiro atoms. The molecule has 0 saturated heterocycles. The molecule has 0 aliphatic heterocycles. The van der Waals surface area contributed by atoms with Gasteiger partial charge in [-0.25, -0.2) is 13.8 Å². The lowest BCUT2D eigenvalue weighted by Crippen LogP contribution is -1.98. The van der Waals surface area contributed by atoms with Gasteiger partial charge >= 0.3 is 0 Å². The summed E-state index contributed by atoms with van der Waals surface area (Å²) in [7, 11) is 1.50. The fraction of sp³-hybridized carbons (Fsp3) is 0.444. The third kappa shape index (κ3) is 1.94. The number of halogens is 2. The van der Waals surface area contributed by atoms with Crippen molar-refractivity contribution in [1.82, 2.24) is 4.98 Å². The first-order valence-corrected chi connectivity index (χ1v) is 3.86. The summed E-state index contributed by atoms with van der Waals surface area (Å²) in [5, 5.41) is 0. The third-order valence-corrected chi connectivity index (χ3v) is 1.78. The number of hydrogen-bond acceptors (Lipinski definition) is 2. The van der Waals surface area contributed by atoms with Gasteiger partial charge in [0.25, 0.3) is 6.43 Å². The molecule has 0 amide bonds. The lowest BCUT2D eigenvalue weighted by atomic mass is 10.2. The highest BCUT2D eigenvalue weighted by Crippen LogP contribution is 2.25. The minimum Gasteiger partial charge on any atom is -0.495 e. The van der Waals surface area contributed by atoms with Crippen LogP contribution in [0.15, 0.2) is 6.07 Å². The van der Waals surface area contributed by atoms with Crippen LogP contribution in [0.25, 0.3) is 0 Å². The molecule has 72 valence electrons. The van der Waals surface area contributed by atoms with Crippen LogP contribution in [0.5, 0.6) is 5.75 Å². The highest BCUT2D eigenvalue weighted by atomic mass is 19.3. The Morgan fingerprint density at radius 2 is 2.00 bits per heavy atom. The van der Waals surface area contributed by atoms with Gasteiger partial charge in [0, 0.05) is 0 Å². The number of aryl methyl sites for hydroxylation is 2. The number of rotatable bonds is 2. The minimum absolute atomic E-state index is 0.198. The van der Waals surface area contributed by atoms with Crippen LogP contribution in [0.4, 0.5) is 8.78 Å². The van der Waals surface area contributed by atoms with Crippen LogP contribution >= 0.6 is 0 Å². The molecule has 0 aliphatic rings. The van der Waals surface area contributed by atoms with Crippen LogP contribution < -0.4 is 4.74 Å². The van der Waals surface area contributed by atoms with Gasteiger partial charge in [-0.15, -0.1) is 0 Å². The molecule has 1 aromatic heterocycles. The van der Waals surface area contributed by atoms with Crippen LogP contribution in [0.3, 0.4) is 0 Å². The van der Waals surface area contributed by atoms with Crippen LogP contribution in [0.2, 0.25) is 0 Å². The van der Waals surface area contributed by atoms with Gasteiger partial charge in [0.1, 0.15) is 11.4 Å². The van der Waals surface area contributed by atoms with Crippen molar-refractivity contribution in [2.24, 2.45) is 0 Å². The molecule has 0 aliphatic carbocycles. The van der Waals surface area contributed by atoms with Gasteiger partial charge in [-0.2, -0.15) is 0 Å². The maximum absolute atomic E-state index is 12.3. The zero-order chi connectivity index (χ0) is 10.0. The van der Waals surface area contributed by atoms with Crippen molar-refractivity contribution in [2.45, 2.75) is 20.3 Å². The molecule has 2 nitrogen and oxygen atoms in total. The first-order chi connectivity index (χ1) is 6.06. The Balaban J connectivity index is 3.20. The van der Waals surface area contributed by atoms with Crippen molar-refractivity contribution in [1.29, 1.82) is 0 Å². The molecule has 0 unspecified atom stereocenters. The molecular formula is C9H11F2NO. The zero-order valence-corrected chi connectivity index (χ0v) is 7.77. The van der Waals surface area contributed by atoms with Gasteiger partial charge in [0.15, 0.2) is 0 Å². The summed E-state index contributed by atoms with van der Waals surface area (Å²) in [5.74, 6) is 0.574. The molecule has 1 aromatic rings. The van der Waals surface area contributed by atoms with Gasteiger partial charge < -0.3 is 4.74 Å². The van der Waals surface area contributed by atoms with Gasteiger partial charge in [-0.05, 0) is 25.5 Å². The summed E-state index contributed by atoms with van der Waals surface area (Å²) in [4.78, 5) is 3.73. The minimum atomic E-state index is -2.52. The average molecular weight is 187 g/mol. The summed E-state index contributed by atoms with van der Waals surface area (Å²) in [6, 6.07) is 1.34. The maximum atomic E-state index is 12.3. The average Bonchev–Trinajstić information content (AvgIpc) is 2.03. The van der Waals surface area contributed by atoms with E-state index < -0.39 is 6.43 Å². The third-order valence-electron chi connectivity index (χ3n) is 1.78. The van der Waals surface area contributed by atoms with E-state index in [1.165, 1.54) is 13.2 Å². The van der Waals surface area contributed by atoms with E-state index in [0.29, 0.717) is 17.0 Å². The molecule has 13 heavy (non-hydrogen) atoms. The van der Waals surface area contributed by atoms with E-state index in [1.807, 2.05) is 0 Å². The Morgan fingerprint density at radius 1 is 1.38 bits per heavy atom. The summed E-state index contributed by atoms with van der Waals surface area (Å²) < 4.78 is 29.5. The second kappa shape index (κ2) is 3.68. The Kier molecular flexibility index (Phi) is 2.80. The first-order valence-electron chi connectivity index (χ1n) is 3.86. The number of hydrogen-bond donors (Lipinski definition) is 0. The predicted octanol–water partition coefficient (Wildman–Crippen LogP) is 2.64. The highest BCUT2D eigenvalue weighted by Gasteiger charge is 2.13. The van der Waals surface area contributed by atoms with E-state index in [0.717, 1.165) is 0 Å². The van der Waals surface area contributed by atoms with Gasteiger partial charge in [-0.1, -0.05) is 0 Å². The van der Waals surface area contributed by atoms with Gasteiger partial charge in [-0.3, -0.25) is 0 Å². The van der Waals surface area contributed by atoms with E-state index in [1.54, 1.807) is 13.8 Å². The fourth-order valence-corrected chi connectivity index (χ4v) is 1.27. The van der Waals surface area contributed by atoms with Crippen molar-refractivity contribution >= 4 is 0 Å². The van der Waals surface area contributed by atoms with Crippen molar-refractivity contribution in [3.05, 3.63) is 23.0 Å². The van der Waals surface area contributed by atoms with Crippen molar-refractivity contribution in [3.8, 4) is 5.75 Å². The molecule has 1 heterocycles. The molecule has 0 atom stereocenters. The summed E-state index contributed by atoms with van der Waals surface area (Å²) in [6.07, 6.45) is -2.52. The van der Waals surface area contributed by atoms with Crippen molar-refractivity contribution in [2.75, 3.05) is 7.11 Å². The molecule has 0 bridgehead atoms. The zero-order valence-electron chi connectivity index (χ0n) is 7.77. The lowest BCUT2D eigenvalue weighted by Gasteiger charge is -2.09. The number of alkyl halides is 2. The summed E-state index contributed by atoms with van der Waals surface area (Å²) in [5.41, 5.74) is 0.985.